The topological polar surface area (TPSA) is 63.6 Å². The summed E-state index contributed by atoms with van der Waals surface area (Å²) in [6, 6.07) is 12.3. The van der Waals surface area contributed by atoms with Crippen LogP contribution in [0.1, 0.15) is 44.3 Å². The molecule has 4 rings (SSSR count). The Morgan fingerprint density at radius 3 is 2.48 bits per heavy atom. The quantitative estimate of drug-likeness (QED) is 0.605. The molecule has 0 radical (unpaired) electrons. The zero-order valence-electron chi connectivity index (χ0n) is 13.9. The molecule has 1 aliphatic rings. The van der Waals surface area contributed by atoms with E-state index in [9.17, 15) is 14.7 Å². The van der Waals surface area contributed by atoms with E-state index in [0.717, 1.165) is 17.4 Å². The zero-order valence-corrected chi connectivity index (χ0v) is 13.9. The number of methoxy groups -OCH3 is 1. The third-order valence-electron chi connectivity index (χ3n) is 4.77. The molecule has 124 valence electrons. The van der Waals surface area contributed by atoms with Crippen LogP contribution in [0.4, 0.5) is 0 Å². The Balaban J connectivity index is 2.06. The lowest BCUT2D eigenvalue weighted by Crippen LogP contribution is -2.22. The SMILES string of the molecule is CCc1ccc2c(O)c3c(cc2c1)C(=O)c1cccc(OC)c1C3=O. The molecule has 3 aromatic rings. The molecule has 0 spiro atoms. The molecule has 25 heavy (non-hydrogen) atoms. The standard InChI is InChI=1S/C21H16O4/c1-3-11-7-8-13-12(9-11)10-15-18(20(13)23)21(24)17-14(19(15)22)5-4-6-16(17)25-2/h4-10,23H,3H2,1-2H3. The summed E-state index contributed by atoms with van der Waals surface area (Å²) >= 11 is 0. The average Bonchev–Trinajstić information content (AvgIpc) is 2.64. The minimum Gasteiger partial charge on any atom is -0.507 e. The Bertz CT molecular complexity index is 1060. The number of phenolic OH excluding ortho intramolecular Hbond substituents is 1. The third kappa shape index (κ3) is 2.07. The molecule has 4 nitrogen and oxygen atoms in total. The van der Waals surface area contributed by atoms with Gasteiger partial charge in [-0.25, -0.2) is 0 Å². The highest BCUT2D eigenvalue weighted by molar-refractivity contribution is 6.31. The lowest BCUT2D eigenvalue weighted by Gasteiger charge is -2.21. The highest BCUT2D eigenvalue weighted by Gasteiger charge is 2.35. The van der Waals surface area contributed by atoms with Crippen molar-refractivity contribution < 1.29 is 19.4 Å². The summed E-state index contributed by atoms with van der Waals surface area (Å²) in [5.74, 6) is -0.476. The van der Waals surface area contributed by atoms with Gasteiger partial charge in [0.1, 0.15) is 11.5 Å². The van der Waals surface area contributed by atoms with Gasteiger partial charge in [-0.1, -0.05) is 37.3 Å². The number of ketones is 2. The van der Waals surface area contributed by atoms with Gasteiger partial charge < -0.3 is 9.84 Å². The molecule has 4 heteroatoms. The molecule has 1 aliphatic carbocycles. The maximum Gasteiger partial charge on any atom is 0.201 e. The maximum atomic E-state index is 13.0. The largest absolute Gasteiger partial charge is 0.507 e. The van der Waals surface area contributed by atoms with Crippen LogP contribution in [0.15, 0.2) is 42.5 Å². The molecule has 0 bridgehead atoms. The minimum atomic E-state index is -0.388. The van der Waals surface area contributed by atoms with Crippen molar-refractivity contribution in [2.45, 2.75) is 13.3 Å². The van der Waals surface area contributed by atoms with Crippen molar-refractivity contribution in [1.82, 2.24) is 0 Å². The van der Waals surface area contributed by atoms with E-state index in [1.807, 2.05) is 19.1 Å². The molecule has 0 aromatic heterocycles. The van der Waals surface area contributed by atoms with Gasteiger partial charge in [-0.2, -0.15) is 0 Å². The molecule has 0 heterocycles. The summed E-state index contributed by atoms with van der Waals surface area (Å²) in [6.07, 6.45) is 0.848. The van der Waals surface area contributed by atoms with Crippen LogP contribution in [-0.4, -0.2) is 23.8 Å². The molecule has 0 atom stereocenters. The number of phenols is 1. The minimum absolute atomic E-state index is 0.0544. The molecule has 0 saturated carbocycles. The van der Waals surface area contributed by atoms with Gasteiger partial charge in [0, 0.05) is 16.5 Å². The van der Waals surface area contributed by atoms with Gasteiger partial charge in [0.25, 0.3) is 0 Å². The van der Waals surface area contributed by atoms with Gasteiger partial charge in [0.15, 0.2) is 5.78 Å². The number of fused-ring (bicyclic) bond motifs is 3. The molecule has 0 fully saturated rings. The lowest BCUT2D eigenvalue weighted by atomic mass is 9.81. The average molecular weight is 332 g/mol. The highest BCUT2D eigenvalue weighted by atomic mass is 16.5. The van der Waals surface area contributed by atoms with E-state index in [1.165, 1.54) is 7.11 Å². The first-order valence-electron chi connectivity index (χ1n) is 8.11. The summed E-state index contributed by atoms with van der Waals surface area (Å²) in [4.78, 5) is 26.0. The van der Waals surface area contributed by atoms with Crippen molar-refractivity contribution in [3.8, 4) is 11.5 Å². The molecule has 0 aliphatic heterocycles. The summed E-state index contributed by atoms with van der Waals surface area (Å²) in [5.41, 5.74) is 1.91. The normalized spacial score (nSPS) is 12.9. The molecule has 3 aromatic carbocycles. The second-order valence-corrected chi connectivity index (χ2v) is 6.10. The van der Waals surface area contributed by atoms with Crippen molar-refractivity contribution in [3.05, 3.63) is 70.3 Å². The smallest absolute Gasteiger partial charge is 0.201 e. The summed E-state index contributed by atoms with van der Waals surface area (Å²) < 4.78 is 5.25. The second kappa shape index (κ2) is 5.45. The van der Waals surface area contributed by atoms with Crippen LogP contribution in [0.2, 0.25) is 0 Å². The Kier molecular flexibility index (Phi) is 3.35. The van der Waals surface area contributed by atoms with Crippen LogP contribution in [0.5, 0.6) is 11.5 Å². The summed E-state index contributed by atoms with van der Waals surface area (Å²) in [5, 5.41) is 12.0. The number of rotatable bonds is 2. The van der Waals surface area contributed by atoms with E-state index in [2.05, 4.69) is 0 Å². The van der Waals surface area contributed by atoms with Crippen LogP contribution in [0.25, 0.3) is 10.8 Å². The van der Waals surface area contributed by atoms with Crippen LogP contribution in [-0.2, 0) is 6.42 Å². The van der Waals surface area contributed by atoms with Gasteiger partial charge in [-0.15, -0.1) is 0 Å². The first-order chi connectivity index (χ1) is 12.1. The molecule has 0 saturated heterocycles. The molecular formula is C21H16O4. The molecular weight excluding hydrogens is 316 g/mol. The van der Waals surface area contributed by atoms with Crippen LogP contribution in [0, 0.1) is 0 Å². The van der Waals surface area contributed by atoms with Crippen molar-refractivity contribution in [2.24, 2.45) is 0 Å². The van der Waals surface area contributed by atoms with Crippen LogP contribution < -0.4 is 4.74 Å². The van der Waals surface area contributed by atoms with E-state index >= 15 is 0 Å². The van der Waals surface area contributed by atoms with Crippen LogP contribution in [0.3, 0.4) is 0 Å². The number of aromatic hydroxyl groups is 1. The number of hydrogen-bond donors (Lipinski definition) is 1. The molecule has 0 unspecified atom stereocenters. The van der Waals surface area contributed by atoms with E-state index in [4.69, 9.17) is 4.74 Å². The van der Waals surface area contributed by atoms with Gasteiger partial charge in [0.2, 0.25) is 5.78 Å². The fraction of sp³-hybridized carbons (Fsp3) is 0.143. The van der Waals surface area contributed by atoms with Gasteiger partial charge in [0.05, 0.1) is 18.2 Å². The Morgan fingerprint density at radius 1 is 0.960 bits per heavy atom. The van der Waals surface area contributed by atoms with Crippen LogP contribution >= 0.6 is 0 Å². The first kappa shape index (κ1) is 15.4. The number of hydrogen-bond acceptors (Lipinski definition) is 4. The fourth-order valence-corrected chi connectivity index (χ4v) is 3.46. The monoisotopic (exact) mass is 332 g/mol. The zero-order chi connectivity index (χ0) is 17.7. The van der Waals surface area contributed by atoms with E-state index < -0.39 is 0 Å². The van der Waals surface area contributed by atoms with E-state index in [0.29, 0.717) is 16.7 Å². The lowest BCUT2D eigenvalue weighted by molar-refractivity contribution is 0.0974. The van der Waals surface area contributed by atoms with E-state index in [1.54, 1.807) is 30.3 Å². The van der Waals surface area contributed by atoms with Crippen molar-refractivity contribution in [3.63, 3.8) is 0 Å². The van der Waals surface area contributed by atoms with Gasteiger partial charge >= 0.3 is 0 Å². The predicted molar refractivity (Wildman–Crippen MR) is 94.8 cm³/mol. The number of aryl methyl sites for hydroxylation is 1. The van der Waals surface area contributed by atoms with Gasteiger partial charge in [-0.3, -0.25) is 9.59 Å². The molecule has 1 N–H and O–H groups in total. The number of carbonyl (C=O) groups is 2. The van der Waals surface area contributed by atoms with Gasteiger partial charge in [-0.05, 0) is 29.5 Å². The van der Waals surface area contributed by atoms with Crippen molar-refractivity contribution >= 4 is 22.3 Å². The Hall–Kier alpha value is -3.14. The molecule has 0 amide bonds. The highest BCUT2D eigenvalue weighted by Crippen LogP contribution is 2.40. The second-order valence-electron chi connectivity index (χ2n) is 6.10. The Morgan fingerprint density at radius 2 is 1.76 bits per heavy atom. The fourth-order valence-electron chi connectivity index (χ4n) is 3.46. The van der Waals surface area contributed by atoms with E-state index in [-0.39, 0.29) is 34.0 Å². The summed E-state index contributed by atoms with van der Waals surface area (Å²) in [7, 11) is 1.45. The summed E-state index contributed by atoms with van der Waals surface area (Å²) in [6.45, 7) is 2.04. The Labute approximate surface area is 144 Å². The predicted octanol–water partition coefficient (Wildman–Crippen LogP) is 3.89. The first-order valence-corrected chi connectivity index (χ1v) is 8.11. The number of ether oxygens (including phenoxy) is 1. The number of benzene rings is 3. The van der Waals surface area contributed by atoms with Crippen molar-refractivity contribution in [2.75, 3.05) is 7.11 Å². The maximum absolute atomic E-state index is 13.0. The third-order valence-corrected chi connectivity index (χ3v) is 4.77. The van der Waals surface area contributed by atoms with Crippen molar-refractivity contribution in [1.29, 1.82) is 0 Å². The number of carbonyl (C=O) groups excluding carboxylic acids is 2.